The van der Waals surface area contributed by atoms with Gasteiger partial charge in [0.2, 0.25) is 47.3 Å². The number of rotatable bonds is 36. The normalized spacial score (nSPS) is 17.0. The van der Waals surface area contributed by atoms with Crippen molar-refractivity contribution in [3.8, 4) is 0 Å². The van der Waals surface area contributed by atoms with Crippen molar-refractivity contribution in [1.82, 2.24) is 39.2 Å². The van der Waals surface area contributed by atoms with E-state index in [0.29, 0.717) is 259 Å². The van der Waals surface area contributed by atoms with Crippen LogP contribution in [-0.2, 0) is 115 Å². The van der Waals surface area contributed by atoms with Crippen molar-refractivity contribution in [3.05, 3.63) is 101 Å². The van der Waals surface area contributed by atoms with Crippen LogP contribution in [0.5, 0.6) is 0 Å². The van der Waals surface area contributed by atoms with Crippen molar-refractivity contribution in [1.29, 1.82) is 0 Å². The highest BCUT2D eigenvalue weighted by Gasteiger charge is 2.35. The van der Waals surface area contributed by atoms with Gasteiger partial charge in [-0.1, -0.05) is 146 Å². The smallest absolute Gasteiger partial charge is 0.309 e. The van der Waals surface area contributed by atoms with Crippen LogP contribution in [0.15, 0.2) is 101 Å². The molecule has 8 rings (SSSR count). The molecule has 8 aliphatic rings. The van der Waals surface area contributed by atoms with Crippen molar-refractivity contribution in [2.24, 2.45) is 59.2 Å². The molecule has 0 N–H and O–H groups in total. The Bertz CT molecular complexity index is 3670. The van der Waals surface area contributed by atoms with E-state index in [0.717, 1.165) is 44.9 Å². The predicted molar refractivity (Wildman–Crippen MR) is 518 cm³/mol. The van der Waals surface area contributed by atoms with E-state index in [4.69, 9.17) is 33.2 Å². The number of carbonyl (C=O) groups is 16. The fourth-order valence-electron chi connectivity index (χ4n) is 15.6. The molecule has 0 aromatic rings. The third kappa shape index (κ3) is 50.2. The summed E-state index contributed by atoms with van der Waals surface area (Å²) in [5.74, 6) is -0.950. The Morgan fingerprint density at radius 2 is 0.496 bits per heavy atom. The summed E-state index contributed by atoms with van der Waals surface area (Å²) >= 11 is 0. The minimum Gasteiger partial charge on any atom is -0.469 e. The molecule has 32 heteroatoms. The Balaban J connectivity index is 0.000000773. The van der Waals surface area contributed by atoms with Gasteiger partial charge in [0.05, 0.1) is 100 Å². The van der Waals surface area contributed by atoms with Gasteiger partial charge < -0.3 is 77.1 Å². The maximum atomic E-state index is 12.1. The molecule has 32 nitrogen and oxygen atoms in total. The quantitative estimate of drug-likeness (QED) is 0.0243. The Morgan fingerprint density at radius 3 is 0.719 bits per heavy atom. The lowest BCUT2D eigenvalue weighted by Crippen LogP contribution is -2.40. The molecular weight excluding hydrogens is 1730 g/mol. The van der Waals surface area contributed by atoms with Gasteiger partial charge in [0.15, 0.2) is 0 Å². The number of amides is 8. The Hall–Kier alpha value is -10.6. The zero-order chi connectivity index (χ0) is 101. The number of hydrogen-bond donors (Lipinski definition) is 0. The molecule has 0 saturated carbocycles. The molecule has 8 fully saturated rings. The number of esters is 8. The number of piperidine rings is 8. The first-order valence-corrected chi connectivity index (χ1v) is 49.2. The van der Waals surface area contributed by atoms with E-state index in [2.05, 4.69) is 85.1 Å². The number of hydrogen-bond acceptors (Lipinski definition) is 24. The number of unbranched alkanes of at least 4 members (excludes halogenated alkanes) is 5. The average molecular weight is 1900 g/mol. The van der Waals surface area contributed by atoms with Crippen molar-refractivity contribution < 1.29 is 115 Å². The molecule has 8 amide bonds. The monoisotopic (exact) mass is 1900 g/mol. The van der Waals surface area contributed by atoms with Gasteiger partial charge in [0, 0.05) is 105 Å². The van der Waals surface area contributed by atoms with Crippen molar-refractivity contribution >= 4 is 95.0 Å². The molecule has 0 aromatic carbocycles. The number of likely N-dealkylation sites (tertiary alicyclic amines) is 8. The van der Waals surface area contributed by atoms with Crippen LogP contribution < -0.4 is 0 Å². The lowest BCUT2D eigenvalue weighted by Gasteiger charge is -2.30. The summed E-state index contributed by atoms with van der Waals surface area (Å²) in [7, 11) is 1.39. The van der Waals surface area contributed by atoms with Gasteiger partial charge in [0.1, 0.15) is 0 Å². The van der Waals surface area contributed by atoms with Crippen molar-refractivity contribution in [3.63, 3.8) is 0 Å². The first-order chi connectivity index (χ1) is 64.6. The maximum absolute atomic E-state index is 12.1. The first-order valence-electron chi connectivity index (χ1n) is 49.2. The summed E-state index contributed by atoms with van der Waals surface area (Å²) in [4.78, 5) is 197. The highest BCUT2D eigenvalue weighted by Crippen LogP contribution is 2.27. The standard InChI is InChI=1S/C17H29NO3.C15H25NO3.2C13H21NO3.2C12H19NO3.C11H17NO3.C10H15NO3/c1-4-7-8-14(5-2)13-21-17(20)15-9-11-18(12-10-15)16(19)6-3;1-3-5-6-7-12-19-15(18)13-8-10-16(11-9-13)14(17)4-2;1-4-12(15)14-7-5-11(6-8-14)13(16)17-9-10(2)3;1-3-5-10-17-13(16)11-6-8-14(9-7-11)12(15)4-2;1-4-11(14)13-7-5-10(6-8-13)12(15)16-9(2)3;1-3-9-16-12(15)10-5-7-13(8-6-10)11(14)4-2;1-3-10(13)12-7-5-9(6-8-12)11(14)15-4-2;1-3-9(12)11-6-4-8(5-7-11)10(13)14-2/h6,14-15H,3-5,7-13H2,1-2H3;4,13H,2-3,5-12H2,1H3;4,10-11H,1,5-9H2,2-3H3;4,11H,2-3,5-10H2,1H3;4,9-10H,1,5-8H2,2-3H3;4,10H,2-3,5-9H2,1H3;3,9H,1,4-8H2,2H3;3,8H,1,4-7H2,2H3. The molecule has 8 saturated heterocycles. The molecule has 135 heavy (non-hydrogen) atoms. The van der Waals surface area contributed by atoms with E-state index in [9.17, 15) is 76.7 Å². The molecule has 8 aliphatic heterocycles. The van der Waals surface area contributed by atoms with Crippen LogP contribution >= 0.6 is 0 Å². The first kappa shape index (κ1) is 122. The molecule has 0 spiro atoms. The SMILES string of the molecule is C=CC(=O)N1CCC(C(=O)OC(C)C)CC1.C=CC(=O)N1CCC(C(=O)OC)CC1.C=CC(=O)N1CCC(C(=O)OCC(C)C)CC1.C=CC(=O)N1CCC(C(=O)OCC(CC)CCCC)CC1.C=CC(=O)N1CCC(C(=O)OCC)CC1.C=CC(=O)N1CCC(C(=O)OCCC)CC1.C=CC(=O)N1CCC(C(=O)OCCCC)CC1.C=CC(=O)N1CCC(C(=O)OCCCCCC)CC1. The predicted octanol–water partition coefficient (Wildman–Crippen LogP) is 13.4. The summed E-state index contributed by atoms with van der Waals surface area (Å²) in [6.07, 6.45) is 33.4. The number of nitrogens with zero attached hydrogens (tertiary/aromatic N) is 8. The largest absolute Gasteiger partial charge is 0.469 e. The number of ether oxygens (including phenoxy) is 8. The van der Waals surface area contributed by atoms with Crippen LogP contribution in [0.3, 0.4) is 0 Å². The topological polar surface area (TPSA) is 373 Å². The van der Waals surface area contributed by atoms with Gasteiger partial charge in [-0.15, -0.1) is 0 Å². The minimum atomic E-state index is -0.171. The van der Waals surface area contributed by atoms with Gasteiger partial charge in [0.25, 0.3) is 0 Å². The number of methoxy groups -OCH3 is 1. The third-order valence-corrected chi connectivity index (χ3v) is 24.4. The van der Waals surface area contributed by atoms with Crippen LogP contribution in [0.4, 0.5) is 0 Å². The molecule has 0 bridgehead atoms. The second kappa shape index (κ2) is 72.8. The molecule has 1 unspecified atom stereocenters. The van der Waals surface area contributed by atoms with E-state index in [1.807, 2.05) is 34.6 Å². The average Bonchev–Trinajstić information content (AvgIpc) is 0.901. The summed E-state index contributed by atoms with van der Waals surface area (Å²) in [5, 5.41) is 0. The van der Waals surface area contributed by atoms with E-state index < -0.39 is 0 Å². The number of carbonyl (C=O) groups excluding carboxylic acids is 16. The Labute approximate surface area is 805 Å². The summed E-state index contributed by atoms with van der Waals surface area (Å²) in [6.45, 7) is 60.5. The van der Waals surface area contributed by atoms with Crippen LogP contribution in [0, 0.1) is 59.2 Å². The highest BCUT2D eigenvalue weighted by atomic mass is 16.6. The van der Waals surface area contributed by atoms with E-state index >= 15 is 0 Å². The zero-order valence-electron chi connectivity index (χ0n) is 83.7. The van der Waals surface area contributed by atoms with E-state index in [1.54, 1.807) is 46.1 Å². The van der Waals surface area contributed by atoms with Gasteiger partial charge in [-0.3, -0.25) is 76.7 Å². The van der Waals surface area contributed by atoms with Crippen molar-refractivity contribution in [2.45, 2.75) is 249 Å². The molecule has 0 radical (unpaired) electrons. The minimum absolute atomic E-state index is 0.0410. The molecule has 8 heterocycles. The second-order valence-corrected chi connectivity index (χ2v) is 35.2. The fourth-order valence-corrected chi connectivity index (χ4v) is 15.6. The van der Waals surface area contributed by atoms with Gasteiger partial charge in [-0.05, 0) is 210 Å². The second-order valence-electron chi connectivity index (χ2n) is 35.2. The molecule has 0 aromatic heterocycles. The van der Waals surface area contributed by atoms with Gasteiger partial charge in [-0.2, -0.15) is 0 Å². The molecule has 762 valence electrons. The lowest BCUT2D eigenvalue weighted by atomic mass is 9.96. The van der Waals surface area contributed by atoms with Gasteiger partial charge >= 0.3 is 47.8 Å². The molecule has 0 aliphatic carbocycles. The van der Waals surface area contributed by atoms with Crippen LogP contribution in [0.25, 0.3) is 0 Å². The van der Waals surface area contributed by atoms with Crippen LogP contribution in [0.2, 0.25) is 0 Å². The van der Waals surface area contributed by atoms with E-state index in [1.165, 1.54) is 81.4 Å². The Morgan fingerprint density at radius 1 is 0.267 bits per heavy atom. The van der Waals surface area contributed by atoms with E-state index in [-0.39, 0.29) is 148 Å². The lowest BCUT2D eigenvalue weighted by molar-refractivity contribution is -0.155. The summed E-state index contributed by atoms with van der Waals surface area (Å²) < 4.78 is 41.0. The summed E-state index contributed by atoms with van der Waals surface area (Å²) in [5.41, 5.74) is 0. The maximum Gasteiger partial charge on any atom is 0.309 e. The van der Waals surface area contributed by atoms with Crippen LogP contribution in [0.1, 0.15) is 243 Å². The fraction of sp³-hybridized carbons (Fsp3) is 0.689. The third-order valence-electron chi connectivity index (χ3n) is 24.4. The Kier molecular flexibility index (Phi) is 66.0. The molecule has 1 atom stereocenters. The zero-order valence-corrected chi connectivity index (χ0v) is 83.7. The van der Waals surface area contributed by atoms with Crippen molar-refractivity contribution in [2.75, 3.05) is 151 Å². The van der Waals surface area contributed by atoms with Crippen LogP contribution in [-0.4, -0.2) is 292 Å². The molecular formula is C103H166N8O24. The van der Waals surface area contributed by atoms with Gasteiger partial charge in [-0.25, -0.2) is 0 Å². The summed E-state index contributed by atoms with van der Waals surface area (Å²) in [6, 6.07) is 0. The highest BCUT2D eigenvalue weighted by molar-refractivity contribution is 5.91.